The number of phenols is 1. The summed E-state index contributed by atoms with van der Waals surface area (Å²) in [6.07, 6.45) is 0.351. The molecule has 0 bridgehead atoms. The van der Waals surface area contributed by atoms with Crippen molar-refractivity contribution in [3.8, 4) is 5.75 Å². The third kappa shape index (κ3) is 17.7. The van der Waals surface area contributed by atoms with E-state index >= 15 is 0 Å². The fourth-order valence-corrected chi connectivity index (χ4v) is 6.84. The van der Waals surface area contributed by atoms with Crippen LogP contribution in [0.4, 0.5) is 0 Å². The Kier molecular flexibility index (Phi) is 21.9. The molecular weight excluding hydrogens is 839 g/mol. The highest BCUT2D eigenvalue weighted by atomic mass is 16.4. The van der Waals surface area contributed by atoms with Crippen LogP contribution >= 0.6 is 0 Å². The Morgan fingerprint density at radius 2 is 1.39 bits per heavy atom. The van der Waals surface area contributed by atoms with Gasteiger partial charge in [-0.2, -0.15) is 0 Å². The number of benzene rings is 1. The molecule has 0 unspecified atom stereocenters. The van der Waals surface area contributed by atoms with Crippen molar-refractivity contribution in [2.45, 2.75) is 128 Å². The molecular formula is C41H65N11O12. The van der Waals surface area contributed by atoms with Gasteiger partial charge in [-0.1, -0.05) is 46.2 Å². The predicted molar refractivity (Wildman–Crippen MR) is 231 cm³/mol. The number of likely N-dealkylation sites (tertiary alicyclic amines) is 1. The molecule has 7 amide bonds. The highest BCUT2D eigenvalue weighted by Crippen LogP contribution is 2.18. The molecule has 1 saturated heterocycles. The molecule has 1 aromatic rings. The van der Waals surface area contributed by atoms with E-state index in [9.17, 15) is 58.5 Å². The fraction of sp³-hybridized carbons (Fsp3) is 0.610. The molecule has 0 spiro atoms. The van der Waals surface area contributed by atoms with Gasteiger partial charge in [0.2, 0.25) is 41.4 Å². The average Bonchev–Trinajstić information content (AvgIpc) is 3.73. The SMILES string of the molecule is CC[C@H](C)[C@H](NC(=O)[C@H](C)NC(=O)[C@H](CC(=O)O)NC(=O)[C@@H]1CCCN1C(=O)CN)C(=O)N[C@@H](CC(C)C)C(=O)N[C@@H](CCCNC(=N)N)C(=O)N[C@@H](Cc1ccc(O)cc1)C(=O)O. The molecule has 64 heavy (non-hydrogen) atoms. The van der Waals surface area contributed by atoms with Gasteiger partial charge in [0, 0.05) is 19.5 Å². The summed E-state index contributed by atoms with van der Waals surface area (Å²) < 4.78 is 0. The van der Waals surface area contributed by atoms with Crippen LogP contribution in [0, 0.1) is 17.2 Å². The molecule has 356 valence electrons. The Bertz CT molecular complexity index is 1830. The number of carboxylic acid groups (broad SMARTS) is 2. The Hall–Kier alpha value is -6.52. The number of amides is 7. The van der Waals surface area contributed by atoms with Crippen LogP contribution in [0.1, 0.15) is 85.1 Å². The van der Waals surface area contributed by atoms with Gasteiger partial charge in [-0.25, -0.2) is 4.79 Å². The maximum atomic E-state index is 14.0. The predicted octanol–water partition coefficient (Wildman–Crippen LogP) is -2.27. The Morgan fingerprint density at radius 1 is 0.797 bits per heavy atom. The minimum Gasteiger partial charge on any atom is -0.508 e. The highest BCUT2D eigenvalue weighted by molar-refractivity contribution is 5.98. The van der Waals surface area contributed by atoms with Crippen LogP contribution < -0.4 is 48.7 Å². The van der Waals surface area contributed by atoms with Gasteiger partial charge in [-0.3, -0.25) is 43.8 Å². The number of carbonyl (C=O) groups excluding carboxylic acids is 7. The van der Waals surface area contributed by atoms with Crippen molar-refractivity contribution in [2.24, 2.45) is 23.3 Å². The maximum Gasteiger partial charge on any atom is 0.326 e. The number of nitrogens with two attached hydrogens (primary N) is 2. The van der Waals surface area contributed by atoms with E-state index in [0.29, 0.717) is 18.4 Å². The minimum atomic E-state index is -1.63. The van der Waals surface area contributed by atoms with E-state index in [2.05, 4.69) is 37.2 Å². The average molecular weight is 904 g/mol. The molecule has 23 nitrogen and oxygen atoms in total. The standard InChI is InChI=1S/C41H65N11O12/c1-6-22(4)33(51-34(57)23(5)46-36(59)28(19-32(55)56)48-38(61)30-10-8-16-52(30)31(54)20-42)39(62)49-27(17-21(2)3)37(60)47-26(9-7-15-45-41(43)44)35(58)50-29(40(63)64)18-24-11-13-25(53)14-12-24/h11-14,21-23,26-30,33,53H,6-10,15-20,42H2,1-5H3,(H,46,59)(H,47,60)(H,48,61)(H,49,62)(H,50,58)(H,51,57)(H,55,56)(H,63,64)(H4,43,44,45)/t22-,23-,26-,27-,28-,29-,30-,33-/m0/s1. The van der Waals surface area contributed by atoms with Crippen LogP contribution in [-0.4, -0.2) is 141 Å². The Labute approximate surface area is 371 Å². The lowest BCUT2D eigenvalue weighted by molar-refractivity contribution is -0.143. The second-order valence-corrected chi connectivity index (χ2v) is 16.2. The zero-order valence-electron chi connectivity index (χ0n) is 36.9. The molecule has 1 aliphatic rings. The van der Waals surface area contributed by atoms with Crippen molar-refractivity contribution >= 4 is 59.2 Å². The molecule has 1 aromatic carbocycles. The summed E-state index contributed by atoms with van der Waals surface area (Å²) in [6, 6.07) is -3.52. The quantitative estimate of drug-likeness (QED) is 0.0265. The Morgan fingerprint density at radius 3 is 1.95 bits per heavy atom. The largest absolute Gasteiger partial charge is 0.508 e. The molecule has 0 saturated carbocycles. The van der Waals surface area contributed by atoms with Crippen molar-refractivity contribution in [2.75, 3.05) is 19.6 Å². The first-order chi connectivity index (χ1) is 30.1. The van der Waals surface area contributed by atoms with E-state index < -0.39 is 108 Å². The van der Waals surface area contributed by atoms with E-state index in [1.165, 1.54) is 36.1 Å². The fourth-order valence-electron chi connectivity index (χ4n) is 6.84. The summed E-state index contributed by atoms with van der Waals surface area (Å²) in [6.45, 7) is 8.31. The molecule has 23 heteroatoms. The number of guanidine groups is 1. The minimum absolute atomic E-state index is 0.0368. The number of hydrogen-bond acceptors (Lipinski definition) is 12. The van der Waals surface area contributed by atoms with Crippen molar-refractivity contribution in [1.82, 2.24) is 42.1 Å². The van der Waals surface area contributed by atoms with Crippen LogP contribution in [-0.2, 0) is 49.6 Å². The van der Waals surface area contributed by atoms with Gasteiger partial charge in [-0.15, -0.1) is 0 Å². The lowest BCUT2D eigenvalue weighted by Crippen LogP contribution is -2.60. The van der Waals surface area contributed by atoms with Crippen LogP contribution in [0.2, 0.25) is 0 Å². The number of nitrogens with one attached hydrogen (secondary N) is 8. The molecule has 8 atom stereocenters. The van der Waals surface area contributed by atoms with E-state index in [4.69, 9.17) is 16.9 Å². The van der Waals surface area contributed by atoms with Crippen molar-refractivity contribution < 1.29 is 58.5 Å². The van der Waals surface area contributed by atoms with Crippen molar-refractivity contribution in [3.05, 3.63) is 29.8 Å². The summed E-state index contributed by atoms with van der Waals surface area (Å²) >= 11 is 0. The number of hydrogen-bond donors (Lipinski definition) is 13. The monoisotopic (exact) mass is 903 g/mol. The second kappa shape index (κ2) is 26.2. The van der Waals surface area contributed by atoms with Gasteiger partial charge in [-0.05, 0) is 68.6 Å². The van der Waals surface area contributed by atoms with Gasteiger partial charge >= 0.3 is 11.9 Å². The summed E-state index contributed by atoms with van der Waals surface area (Å²) in [5.74, 6) is -9.42. The third-order valence-corrected chi connectivity index (χ3v) is 10.6. The number of nitrogens with zero attached hydrogens (tertiary/aromatic N) is 1. The second-order valence-electron chi connectivity index (χ2n) is 16.2. The van der Waals surface area contributed by atoms with E-state index in [1.807, 2.05) is 0 Å². The van der Waals surface area contributed by atoms with Crippen LogP contribution in [0.15, 0.2) is 24.3 Å². The molecule has 0 aliphatic carbocycles. The van der Waals surface area contributed by atoms with E-state index in [-0.39, 0.29) is 69.4 Å². The smallest absolute Gasteiger partial charge is 0.326 e. The zero-order chi connectivity index (χ0) is 48.3. The van der Waals surface area contributed by atoms with Gasteiger partial charge in [0.15, 0.2) is 5.96 Å². The molecule has 0 aromatic heterocycles. The van der Waals surface area contributed by atoms with Crippen LogP contribution in [0.5, 0.6) is 5.75 Å². The maximum absolute atomic E-state index is 14.0. The molecule has 0 radical (unpaired) electrons. The number of carboxylic acids is 2. The van der Waals surface area contributed by atoms with Crippen molar-refractivity contribution in [1.29, 1.82) is 5.41 Å². The summed E-state index contributed by atoms with van der Waals surface area (Å²) in [7, 11) is 0. The first kappa shape index (κ1) is 53.6. The number of aliphatic carboxylic acids is 2. The molecule has 15 N–H and O–H groups in total. The van der Waals surface area contributed by atoms with Crippen LogP contribution in [0.3, 0.4) is 0 Å². The summed E-state index contributed by atoms with van der Waals surface area (Å²) in [5, 5.41) is 54.1. The van der Waals surface area contributed by atoms with Crippen molar-refractivity contribution in [3.63, 3.8) is 0 Å². The Balaban J connectivity index is 2.26. The number of phenolic OH excluding ortho intramolecular Hbond substituents is 1. The first-order valence-corrected chi connectivity index (χ1v) is 21.2. The molecule has 1 fully saturated rings. The number of rotatable bonds is 26. The van der Waals surface area contributed by atoms with Gasteiger partial charge in [0.25, 0.3) is 0 Å². The lowest BCUT2D eigenvalue weighted by Gasteiger charge is -2.29. The molecule has 1 aliphatic heterocycles. The normalized spacial score (nSPS) is 16.7. The van der Waals surface area contributed by atoms with E-state index in [0.717, 1.165) is 0 Å². The summed E-state index contributed by atoms with van der Waals surface area (Å²) in [4.78, 5) is 119. The van der Waals surface area contributed by atoms with E-state index in [1.54, 1.807) is 27.7 Å². The lowest BCUT2D eigenvalue weighted by atomic mass is 9.96. The summed E-state index contributed by atoms with van der Waals surface area (Å²) in [5.41, 5.74) is 11.3. The van der Waals surface area contributed by atoms with Gasteiger partial charge < -0.3 is 68.9 Å². The molecule has 1 heterocycles. The number of aromatic hydroxyl groups is 1. The van der Waals surface area contributed by atoms with Gasteiger partial charge in [0.05, 0.1) is 13.0 Å². The third-order valence-electron chi connectivity index (χ3n) is 10.6. The topological polar surface area (TPSA) is 378 Å². The molecule has 2 rings (SSSR count). The van der Waals surface area contributed by atoms with Crippen LogP contribution in [0.25, 0.3) is 0 Å². The highest BCUT2D eigenvalue weighted by Gasteiger charge is 2.38. The van der Waals surface area contributed by atoms with Gasteiger partial charge in [0.1, 0.15) is 48.0 Å². The first-order valence-electron chi connectivity index (χ1n) is 21.2. The number of carbonyl (C=O) groups is 9. The zero-order valence-corrected chi connectivity index (χ0v) is 36.9.